The standard InChI is InChI=1S/C18H20N2O4/c1-4-23-16-9-12-8-11(2)24-15(12)10-14(16)20-17(21)13-6-5-7-19-18(13)22-3/h5-7,9-11H,4,8H2,1-3H3,(H,20,21). The van der Waals surface area contributed by atoms with Gasteiger partial charge in [-0.25, -0.2) is 4.98 Å². The molecule has 24 heavy (non-hydrogen) atoms. The molecule has 0 fully saturated rings. The van der Waals surface area contributed by atoms with Crippen molar-refractivity contribution in [2.45, 2.75) is 26.4 Å². The fourth-order valence-corrected chi connectivity index (χ4v) is 2.73. The Morgan fingerprint density at radius 3 is 3.04 bits per heavy atom. The van der Waals surface area contributed by atoms with Crippen LogP contribution in [0, 0.1) is 0 Å². The predicted octanol–water partition coefficient (Wildman–Crippen LogP) is 3.06. The van der Waals surface area contributed by atoms with Gasteiger partial charge in [0.2, 0.25) is 5.88 Å². The lowest BCUT2D eigenvalue weighted by Crippen LogP contribution is -2.14. The van der Waals surface area contributed by atoms with E-state index in [1.807, 2.05) is 26.0 Å². The van der Waals surface area contributed by atoms with Crippen LogP contribution in [-0.4, -0.2) is 30.7 Å². The van der Waals surface area contributed by atoms with Gasteiger partial charge in [-0.1, -0.05) is 0 Å². The van der Waals surface area contributed by atoms with Gasteiger partial charge < -0.3 is 19.5 Å². The molecule has 6 heteroatoms. The number of hydrogen-bond donors (Lipinski definition) is 1. The number of nitrogens with zero attached hydrogens (tertiary/aromatic N) is 1. The van der Waals surface area contributed by atoms with Crippen LogP contribution in [0.5, 0.6) is 17.4 Å². The van der Waals surface area contributed by atoms with E-state index in [0.29, 0.717) is 23.6 Å². The maximum Gasteiger partial charge on any atom is 0.261 e. The molecule has 0 saturated carbocycles. The minimum absolute atomic E-state index is 0.124. The van der Waals surface area contributed by atoms with Crippen LogP contribution in [0.25, 0.3) is 0 Å². The lowest BCUT2D eigenvalue weighted by molar-refractivity contribution is 0.102. The topological polar surface area (TPSA) is 69.7 Å². The molecule has 0 aliphatic carbocycles. The summed E-state index contributed by atoms with van der Waals surface area (Å²) in [4.78, 5) is 16.6. The van der Waals surface area contributed by atoms with Crippen LogP contribution in [-0.2, 0) is 6.42 Å². The Hall–Kier alpha value is -2.76. The number of nitrogens with one attached hydrogen (secondary N) is 1. The van der Waals surface area contributed by atoms with E-state index in [1.54, 1.807) is 18.3 Å². The molecule has 0 saturated heterocycles. The Balaban J connectivity index is 1.91. The summed E-state index contributed by atoms with van der Waals surface area (Å²) in [5.74, 6) is 1.37. The maximum absolute atomic E-state index is 12.6. The lowest BCUT2D eigenvalue weighted by atomic mass is 10.1. The van der Waals surface area contributed by atoms with Crippen molar-refractivity contribution >= 4 is 11.6 Å². The van der Waals surface area contributed by atoms with Crippen LogP contribution < -0.4 is 19.5 Å². The van der Waals surface area contributed by atoms with Gasteiger partial charge in [0.25, 0.3) is 5.91 Å². The van der Waals surface area contributed by atoms with Crippen molar-refractivity contribution in [2.75, 3.05) is 19.0 Å². The summed E-state index contributed by atoms with van der Waals surface area (Å²) < 4.78 is 16.6. The maximum atomic E-state index is 12.6. The van der Waals surface area contributed by atoms with Gasteiger partial charge in [-0.15, -0.1) is 0 Å². The third-order valence-corrected chi connectivity index (χ3v) is 3.76. The van der Waals surface area contributed by atoms with Gasteiger partial charge >= 0.3 is 0 Å². The molecular weight excluding hydrogens is 308 g/mol. The van der Waals surface area contributed by atoms with Gasteiger partial charge in [0.1, 0.15) is 23.2 Å². The molecule has 3 rings (SSSR count). The number of ether oxygens (including phenoxy) is 3. The number of carbonyl (C=O) groups excluding carboxylic acids is 1. The number of anilines is 1. The second kappa shape index (κ2) is 6.78. The second-order valence-electron chi connectivity index (χ2n) is 5.54. The van der Waals surface area contributed by atoms with Crippen LogP contribution >= 0.6 is 0 Å². The van der Waals surface area contributed by atoms with Crippen molar-refractivity contribution in [3.8, 4) is 17.4 Å². The molecule has 1 N–H and O–H groups in total. The normalized spacial score (nSPS) is 15.4. The van der Waals surface area contributed by atoms with E-state index in [1.165, 1.54) is 7.11 Å². The van der Waals surface area contributed by atoms with Crippen molar-refractivity contribution < 1.29 is 19.0 Å². The molecule has 2 aromatic rings. The van der Waals surface area contributed by atoms with Gasteiger partial charge in [0, 0.05) is 24.2 Å². The quantitative estimate of drug-likeness (QED) is 0.913. The van der Waals surface area contributed by atoms with Crippen LogP contribution in [0.15, 0.2) is 30.5 Å². The van der Waals surface area contributed by atoms with Gasteiger partial charge in [-0.3, -0.25) is 4.79 Å². The van der Waals surface area contributed by atoms with Crippen LogP contribution in [0.1, 0.15) is 29.8 Å². The smallest absolute Gasteiger partial charge is 0.261 e. The molecule has 0 radical (unpaired) electrons. The summed E-state index contributed by atoms with van der Waals surface area (Å²) in [6, 6.07) is 7.09. The Labute approximate surface area is 140 Å². The van der Waals surface area contributed by atoms with E-state index in [2.05, 4.69) is 10.3 Å². The molecule has 126 valence electrons. The SMILES string of the molecule is CCOc1cc2c(cc1NC(=O)c1cccnc1OC)OC(C)C2. The number of amides is 1. The average molecular weight is 328 g/mol. The van der Waals surface area contributed by atoms with Gasteiger partial charge in [0.15, 0.2) is 0 Å². The van der Waals surface area contributed by atoms with Crippen LogP contribution in [0.2, 0.25) is 0 Å². The Kier molecular flexibility index (Phi) is 4.55. The van der Waals surface area contributed by atoms with E-state index in [4.69, 9.17) is 14.2 Å². The number of hydrogen-bond acceptors (Lipinski definition) is 5. The molecule has 1 unspecified atom stereocenters. The van der Waals surface area contributed by atoms with Crippen LogP contribution in [0.4, 0.5) is 5.69 Å². The number of rotatable bonds is 5. The van der Waals surface area contributed by atoms with Crippen molar-refractivity contribution in [3.05, 3.63) is 41.6 Å². The summed E-state index contributed by atoms with van der Waals surface area (Å²) in [7, 11) is 1.48. The minimum atomic E-state index is -0.313. The zero-order valence-electron chi connectivity index (χ0n) is 14.0. The molecule has 1 aromatic heterocycles. The molecule has 1 amide bonds. The molecule has 1 atom stereocenters. The number of benzene rings is 1. The van der Waals surface area contributed by atoms with E-state index < -0.39 is 0 Å². The van der Waals surface area contributed by atoms with Gasteiger partial charge in [-0.05, 0) is 32.0 Å². The van der Waals surface area contributed by atoms with Crippen LogP contribution in [0.3, 0.4) is 0 Å². The van der Waals surface area contributed by atoms with Crippen molar-refractivity contribution in [2.24, 2.45) is 0 Å². The highest BCUT2D eigenvalue weighted by atomic mass is 16.5. The van der Waals surface area contributed by atoms with Crippen molar-refractivity contribution in [1.29, 1.82) is 0 Å². The predicted molar refractivity (Wildman–Crippen MR) is 90.1 cm³/mol. The summed E-state index contributed by atoms with van der Waals surface area (Å²) in [5.41, 5.74) is 2.01. The zero-order valence-corrected chi connectivity index (χ0v) is 14.0. The first-order chi connectivity index (χ1) is 11.6. The average Bonchev–Trinajstić information content (AvgIpc) is 2.94. The summed E-state index contributed by atoms with van der Waals surface area (Å²) in [5, 5.41) is 2.87. The lowest BCUT2D eigenvalue weighted by Gasteiger charge is -2.14. The van der Waals surface area contributed by atoms with Crippen molar-refractivity contribution in [1.82, 2.24) is 4.98 Å². The monoisotopic (exact) mass is 328 g/mol. The molecule has 6 nitrogen and oxygen atoms in total. The van der Waals surface area contributed by atoms with E-state index >= 15 is 0 Å². The third kappa shape index (κ3) is 3.13. The first kappa shape index (κ1) is 16.1. The van der Waals surface area contributed by atoms with E-state index in [-0.39, 0.29) is 17.9 Å². The highest BCUT2D eigenvalue weighted by Gasteiger charge is 2.23. The summed E-state index contributed by atoms with van der Waals surface area (Å²) in [6.07, 6.45) is 2.53. The highest BCUT2D eigenvalue weighted by molar-refractivity contribution is 6.06. The molecule has 1 aromatic carbocycles. The summed E-state index contributed by atoms with van der Waals surface area (Å²) in [6.45, 7) is 4.43. The number of methoxy groups -OCH3 is 1. The molecule has 0 spiro atoms. The Morgan fingerprint density at radius 1 is 1.46 bits per heavy atom. The molecule has 1 aliphatic heterocycles. The molecular formula is C18H20N2O4. The number of aromatic nitrogens is 1. The first-order valence-electron chi connectivity index (χ1n) is 7.89. The third-order valence-electron chi connectivity index (χ3n) is 3.76. The molecule has 1 aliphatic rings. The van der Waals surface area contributed by atoms with Gasteiger partial charge in [-0.2, -0.15) is 0 Å². The van der Waals surface area contributed by atoms with E-state index in [9.17, 15) is 4.79 Å². The Morgan fingerprint density at radius 2 is 2.29 bits per heavy atom. The number of pyridine rings is 1. The Bertz CT molecular complexity index is 761. The van der Waals surface area contributed by atoms with E-state index in [0.717, 1.165) is 17.7 Å². The fraction of sp³-hybridized carbons (Fsp3) is 0.333. The van der Waals surface area contributed by atoms with Gasteiger partial charge in [0.05, 0.1) is 19.4 Å². The highest BCUT2D eigenvalue weighted by Crippen LogP contribution is 2.38. The second-order valence-corrected chi connectivity index (χ2v) is 5.54. The first-order valence-corrected chi connectivity index (χ1v) is 7.89. The number of fused-ring (bicyclic) bond motifs is 1. The van der Waals surface area contributed by atoms with Crippen molar-refractivity contribution in [3.63, 3.8) is 0 Å². The largest absolute Gasteiger partial charge is 0.492 e. The molecule has 0 bridgehead atoms. The zero-order chi connectivity index (χ0) is 17.1. The number of carbonyl (C=O) groups is 1. The fourth-order valence-electron chi connectivity index (χ4n) is 2.73. The summed E-state index contributed by atoms with van der Waals surface area (Å²) >= 11 is 0. The molecule has 2 heterocycles. The minimum Gasteiger partial charge on any atom is -0.492 e.